The van der Waals surface area contributed by atoms with Crippen LogP contribution >= 0.6 is 11.3 Å². The number of rotatable bonds is 7. The maximum Gasteiger partial charge on any atom is 0.341 e. The smallest absolute Gasteiger partial charge is 0.341 e. The van der Waals surface area contributed by atoms with Crippen LogP contribution in [0.5, 0.6) is 0 Å². The summed E-state index contributed by atoms with van der Waals surface area (Å²) in [5.74, 6) is -0.581. The van der Waals surface area contributed by atoms with E-state index in [0.717, 1.165) is 6.26 Å². The molecule has 0 aliphatic rings. The van der Waals surface area contributed by atoms with E-state index in [-0.39, 0.29) is 17.9 Å². The van der Waals surface area contributed by atoms with Crippen LogP contribution in [-0.4, -0.2) is 33.2 Å². The Morgan fingerprint density at radius 2 is 1.90 bits per heavy atom. The summed E-state index contributed by atoms with van der Waals surface area (Å²) in [6, 6.07) is 9.69. The Bertz CT molecular complexity index is 1110. The molecule has 0 aliphatic heterocycles. The molecule has 0 atom stereocenters. The van der Waals surface area contributed by atoms with Gasteiger partial charge in [0.15, 0.2) is 9.84 Å². The summed E-state index contributed by atoms with van der Waals surface area (Å²) in [7, 11) is -3.16. The van der Waals surface area contributed by atoms with Gasteiger partial charge in [0.05, 0.1) is 18.6 Å². The van der Waals surface area contributed by atoms with Crippen LogP contribution in [0.25, 0.3) is 11.3 Å². The Morgan fingerprint density at radius 3 is 2.48 bits per heavy atom. The van der Waals surface area contributed by atoms with Crippen LogP contribution in [-0.2, 0) is 20.3 Å². The van der Waals surface area contributed by atoms with E-state index in [0.29, 0.717) is 27.5 Å². The molecule has 2 aromatic heterocycles. The van der Waals surface area contributed by atoms with Gasteiger partial charge < -0.3 is 14.5 Å². The lowest BCUT2D eigenvalue weighted by Crippen LogP contribution is -2.15. The van der Waals surface area contributed by atoms with Crippen molar-refractivity contribution in [2.45, 2.75) is 12.7 Å². The van der Waals surface area contributed by atoms with Gasteiger partial charge in [0.1, 0.15) is 16.3 Å². The Morgan fingerprint density at radius 1 is 1.17 bits per heavy atom. The van der Waals surface area contributed by atoms with Crippen molar-refractivity contribution in [3.05, 3.63) is 64.7 Å². The largest absolute Gasteiger partial charge is 0.464 e. The van der Waals surface area contributed by atoms with Crippen LogP contribution in [0.15, 0.2) is 52.5 Å². The van der Waals surface area contributed by atoms with E-state index < -0.39 is 21.7 Å². The second kappa shape index (κ2) is 8.62. The van der Waals surface area contributed by atoms with Crippen molar-refractivity contribution < 1.29 is 27.2 Å². The second-order valence-corrected chi connectivity index (χ2v) is 9.29. The van der Waals surface area contributed by atoms with Crippen LogP contribution < -0.4 is 5.32 Å². The molecule has 0 spiro atoms. The van der Waals surface area contributed by atoms with E-state index in [1.165, 1.54) is 17.6 Å². The normalized spacial score (nSPS) is 11.2. The van der Waals surface area contributed by atoms with Gasteiger partial charge in [-0.05, 0) is 36.8 Å². The first kappa shape index (κ1) is 20.8. The van der Waals surface area contributed by atoms with Crippen LogP contribution in [0.2, 0.25) is 0 Å². The number of nitrogens with one attached hydrogen (secondary N) is 1. The average Bonchev–Trinajstić information content (AvgIpc) is 3.30. The summed E-state index contributed by atoms with van der Waals surface area (Å²) in [5.41, 5.74) is 1.70. The number of hydrogen-bond acceptors (Lipinski definition) is 7. The first-order valence-corrected chi connectivity index (χ1v) is 11.6. The molecule has 0 aliphatic carbocycles. The summed E-state index contributed by atoms with van der Waals surface area (Å²) in [6.07, 6.45) is 2.65. The standard InChI is InChI=1S/C20H19NO6S2/c1-3-26-20(23)17-15(16-5-4-10-27-16)11-28-19(17)21-18(22)14-8-6-13(7-9-14)12-29(2,24)25/h4-11H,3,12H2,1-2H3,(H,21,22). The third-order valence-corrected chi connectivity index (χ3v) is 5.68. The number of carbonyl (C=O) groups excluding carboxylic acids is 2. The zero-order valence-electron chi connectivity index (χ0n) is 15.8. The Kier molecular flexibility index (Phi) is 6.19. The zero-order chi connectivity index (χ0) is 21.0. The lowest BCUT2D eigenvalue weighted by atomic mass is 10.1. The molecule has 3 rings (SSSR count). The third-order valence-electron chi connectivity index (χ3n) is 3.93. The number of furan rings is 1. The minimum Gasteiger partial charge on any atom is -0.464 e. The number of hydrogen-bond donors (Lipinski definition) is 1. The van der Waals surface area contributed by atoms with Crippen molar-refractivity contribution in [2.75, 3.05) is 18.2 Å². The predicted molar refractivity (Wildman–Crippen MR) is 111 cm³/mol. The molecule has 9 heteroatoms. The van der Waals surface area contributed by atoms with Gasteiger partial charge in [-0.15, -0.1) is 11.3 Å². The van der Waals surface area contributed by atoms with E-state index >= 15 is 0 Å². The molecule has 1 amide bonds. The number of esters is 1. The maximum absolute atomic E-state index is 12.6. The second-order valence-electron chi connectivity index (χ2n) is 6.27. The van der Waals surface area contributed by atoms with E-state index in [9.17, 15) is 18.0 Å². The van der Waals surface area contributed by atoms with Gasteiger partial charge in [-0.1, -0.05) is 12.1 Å². The van der Waals surface area contributed by atoms with Crippen molar-refractivity contribution in [3.63, 3.8) is 0 Å². The highest BCUT2D eigenvalue weighted by molar-refractivity contribution is 7.89. The summed E-state index contributed by atoms with van der Waals surface area (Å²) in [4.78, 5) is 25.1. The number of sulfone groups is 1. The molecule has 2 heterocycles. The van der Waals surface area contributed by atoms with Crippen molar-refractivity contribution in [1.82, 2.24) is 0 Å². The highest BCUT2D eigenvalue weighted by atomic mass is 32.2. The fourth-order valence-electron chi connectivity index (χ4n) is 2.70. The van der Waals surface area contributed by atoms with Gasteiger partial charge in [-0.2, -0.15) is 0 Å². The van der Waals surface area contributed by atoms with E-state index in [2.05, 4.69) is 5.32 Å². The number of carbonyl (C=O) groups is 2. The molecule has 7 nitrogen and oxygen atoms in total. The number of ether oxygens (including phenoxy) is 1. The maximum atomic E-state index is 12.6. The molecular weight excluding hydrogens is 414 g/mol. The van der Waals surface area contributed by atoms with Crippen LogP contribution in [0, 0.1) is 0 Å². The number of anilines is 1. The minimum atomic E-state index is -3.16. The average molecular weight is 434 g/mol. The molecule has 3 aromatic rings. The molecule has 0 saturated carbocycles. The molecule has 152 valence electrons. The number of amides is 1. The monoisotopic (exact) mass is 433 g/mol. The highest BCUT2D eigenvalue weighted by Gasteiger charge is 2.24. The molecule has 0 bridgehead atoms. The third kappa shape index (κ3) is 5.12. The van der Waals surface area contributed by atoms with E-state index in [1.54, 1.807) is 48.7 Å². The molecule has 0 radical (unpaired) electrons. The van der Waals surface area contributed by atoms with Crippen LogP contribution in [0.3, 0.4) is 0 Å². The van der Waals surface area contributed by atoms with Gasteiger partial charge in [0.25, 0.3) is 5.91 Å². The van der Waals surface area contributed by atoms with E-state index in [1.807, 2.05) is 0 Å². The fraction of sp³-hybridized carbons (Fsp3) is 0.200. The predicted octanol–water partition coefficient (Wildman–Crippen LogP) is 3.98. The molecular formula is C20H19NO6S2. The van der Waals surface area contributed by atoms with Gasteiger partial charge in [0.2, 0.25) is 0 Å². The first-order valence-electron chi connectivity index (χ1n) is 8.69. The Labute approximate surface area is 172 Å². The minimum absolute atomic E-state index is 0.0979. The Hall–Kier alpha value is -2.91. The summed E-state index contributed by atoms with van der Waals surface area (Å²) in [5, 5.41) is 4.80. The first-order chi connectivity index (χ1) is 13.8. The summed E-state index contributed by atoms with van der Waals surface area (Å²) < 4.78 is 33.3. The SMILES string of the molecule is CCOC(=O)c1c(-c2ccco2)csc1NC(=O)c1ccc(CS(C)(=O)=O)cc1. The topological polar surface area (TPSA) is 103 Å². The lowest BCUT2D eigenvalue weighted by molar-refractivity contribution is 0.0528. The van der Waals surface area contributed by atoms with Crippen molar-refractivity contribution in [3.8, 4) is 11.3 Å². The number of benzene rings is 1. The van der Waals surface area contributed by atoms with Crippen LogP contribution in [0.1, 0.15) is 33.2 Å². The quantitative estimate of drug-likeness (QED) is 0.566. The van der Waals surface area contributed by atoms with Gasteiger partial charge in [-0.3, -0.25) is 4.79 Å². The van der Waals surface area contributed by atoms with Gasteiger partial charge in [0, 0.05) is 22.8 Å². The van der Waals surface area contributed by atoms with Gasteiger partial charge >= 0.3 is 5.97 Å². The molecule has 1 N–H and O–H groups in total. The van der Waals surface area contributed by atoms with Crippen LogP contribution in [0.4, 0.5) is 5.00 Å². The van der Waals surface area contributed by atoms with E-state index in [4.69, 9.17) is 9.15 Å². The molecule has 29 heavy (non-hydrogen) atoms. The Balaban J connectivity index is 1.86. The zero-order valence-corrected chi connectivity index (χ0v) is 17.4. The number of thiophene rings is 1. The summed E-state index contributed by atoms with van der Waals surface area (Å²) in [6.45, 7) is 1.90. The highest BCUT2D eigenvalue weighted by Crippen LogP contribution is 2.36. The molecule has 0 unspecified atom stereocenters. The summed E-state index contributed by atoms with van der Waals surface area (Å²) >= 11 is 1.19. The fourth-order valence-corrected chi connectivity index (χ4v) is 4.43. The molecule has 1 aromatic carbocycles. The molecule has 0 saturated heterocycles. The lowest BCUT2D eigenvalue weighted by Gasteiger charge is -2.08. The van der Waals surface area contributed by atoms with Gasteiger partial charge in [-0.25, -0.2) is 13.2 Å². The molecule has 0 fully saturated rings. The van der Waals surface area contributed by atoms with Crippen molar-refractivity contribution in [2.24, 2.45) is 0 Å². The van der Waals surface area contributed by atoms with Crippen molar-refractivity contribution >= 4 is 38.1 Å². The van der Waals surface area contributed by atoms with Crippen molar-refractivity contribution in [1.29, 1.82) is 0 Å².